The summed E-state index contributed by atoms with van der Waals surface area (Å²) in [6.07, 6.45) is 0. The molecule has 0 saturated heterocycles. The van der Waals surface area contributed by atoms with Gasteiger partial charge in [-0.15, -0.1) is 0 Å². The van der Waals surface area contributed by atoms with E-state index in [1.54, 1.807) is 0 Å². The van der Waals surface area contributed by atoms with Crippen molar-refractivity contribution >= 4 is 61.7 Å². The zero-order valence-electron chi connectivity index (χ0n) is 32.5. The highest BCUT2D eigenvalue weighted by Gasteiger charge is 2.48. The molecule has 3 heteroatoms. The van der Waals surface area contributed by atoms with Crippen molar-refractivity contribution in [3.8, 4) is 39.1 Å². The average molecular weight is 717 g/mol. The van der Waals surface area contributed by atoms with Crippen LogP contribution in [0.3, 0.4) is 0 Å². The predicted octanol–water partition coefficient (Wildman–Crippen LogP) is 12.4. The molecule has 3 aliphatic rings. The van der Waals surface area contributed by atoms with Crippen LogP contribution in [0.4, 0.5) is 11.4 Å². The Kier molecular flexibility index (Phi) is 6.24. The summed E-state index contributed by atoms with van der Waals surface area (Å²) < 4.78 is 2.62. The molecule has 0 fully saturated rings. The van der Waals surface area contributed by atoms with E-state index in [4.69, 9.17) is 0 Å². The Morgan fingerprint density at radius 3 is 2.11 bits per heavy atom. The number of anilines is 2. The molecule has 0 spiro atoms. The van der Waals surface area contributed by atoms with Crippen LogP contribution in [-0.2, 0) is 10.8 Å². The van der Waals surface area contributed by atoms with Gasteiger partial charge < -0.3 is 9.38 Å². The molecule has 8 aromatic carbocycles. The lowest BCUT2D eigenvalue weighted by Crippen LogP contribution is -2.61. The van der Waals surface area contributed by atoms with Crippen LogP contribution in [0, 0.1) is 0 Å². The largest absolute Gasteiger partial charge is 0.376 e. The smallest absolute Gasteiger partial charge is 0.333 e. The minimum Gasteiger partial charge on any atom is -0.376 e. The summed E-state index contributed by atoms with van der Waals surface area (Å²) in [5.41, 5.74) is 20.9. The molecule has 56 heavy (non-hydrogen) atoms. The molecule has 0 atom stereocenters. The molecule has 1 aromatic heterocycles. The molecule has 266 valence electrons. The molecule has 9 aromatic rings. The fourth-order valence-electron chi connectivity index (χ4n) is 10.8. The van der Waals surface area contributed by atoms with Crippen LogP contribution in [0.5, 0.6) is 0 Å². The summed E-state index contributed by atoms with van der Waals surface area (Å²) in [5.74, 6) is 0. The molecule has 0 unspecified atom stereocenters. The molecule has 2 aliphatic heterocycles. The number of para-hydroxylation sites is 2. The highest BCUT2D eigenvalue weighted by Crippen LogP contribution is 2.57. The van der Waals surface area contributed by atoms with E-state index in [2.05, 4.69) is 202 Å². The van der Waals surface area contributed by atoms with Gasteiger partial charge in [-0.05, 0) is 91.0 Å². The average Bonchev–Trinajstić information content (AvgIpc) is 3.68. The van der Waals surface area contributed by atoms with E-state index in [-0.39, 0.29) is 17.7 Å². The number of hydrogen-bond donors (Lipinski definition) is 0. The van der Waals surface area contributed by atoms with Gasteiger partial charge in [-0.25, -0.2) is 0 Å². The Morgan fingerprint density at radius 1 is 0.554 bits per heavy atom. The van der Waals surface area contributed by atoms with Crippen molar-refractivity contribution in [2.75, 3.05) is 4.81 Å². The summed E-state index contributed by atoms with van der Waals surface area (Å²) in [6, 6.07) is 59.9. The standard InChI is InChI=1S/C53H41BN2/c1-52(2,3)34-26-28-45(40(31-34)32-16-7-6-8-17-32)56-46-29-27-38-36-20-11-13-23-42(36)53(4,5)48(38)47(46)41-30-33-18-9-10-19-35(33)51-49(41)54(56)43-24-15-22-39-37-21-12-14-25-44(37)55(51)50(39)43/h6-31H,1-5H3. The second kappa shape index (κ2) is 10.9. The van der Waals surface area contributed by atoms with Gasteiger partial charge in [0, 0.05) is 44.1 Å². The Hall–Kier alpha value is -6.32. The Morgan fingerprint density at radius 2 is 1.27 bits per heavy atom. The van der Waals surface area contributed by atoms with Crippen LogP contribution in [0.15, 0.2) is 158 Å². The number of hydrogen-bond acceptors (Lipinski definition) is 1. The van der Waals surface area contributed by atoms with Crippen molar-refractivity contribution in [2.24, 2.45) is 0 Å². The van der Waals surface area contributed by atoms with Crippen molar-refractivity contribution in [3.05, 3.63) is 174 Å². The van der Waals surface area contributed by atoms with Gasteiger partial charge >= 0.3 is 6.85 Å². The maximum atomic E-state index is 2.74. The first-order valence-corrected chi connectivity index (χ1v) is 20.1. The molecule has 0 saturated carbocycles. The van der Waals surface area contributed by atoms with E-state index in [9.17, 15) is 0 Å². The number of nitrogens with zero attached hydrogens (tertiary/aromatic N) is 2. The molecule has 1 aliphatic carbocycles. The quantitative estimate of drug-likeness (QED) is 0.162. The van der Waals surface area contributed by atoms with Gasteiger partial charge in [0.1, 0.15) is 0 Å². The third-order valence-electron chi connectivity index (χ3n) is 13.3. The molecular weight excluding hydrogens is 675 g/mol. The lowest BCUT2D eigenvalue weighted by atomic mass is 9.43. The van der Waals surface area contributed by atoms with Gasteiger partial charge in [0.05, 0.1) is 16.7 Å². The first-order chi connectivity index (χ1) is 27.2. The maximum absolute atomic E-state index is 2.74. The summed E-state index contributed by atoms with van der Waals surface area (Å²) >= 11 is 0. The third-order valence-corrected chi connectivity index (χ3v) is 13.3. The van der Waals surface area contributed by atoms with Crippen molar-refractivity contribution < 1.29 is 0 Å². The number of fused-ring (bicyclic) bond motifs is 13. The van der Waals surface area contributed by atoms with Gasteiger partial charge in [0.25, 0.3) is 0 Å². The fourth-order valence-corrected chi connectivity index (χ4v) is 10.8. The van der Waals surface area contributed by atoms with Crippen LogP contribution in [-0.4, -0.2) is 11.4 Å². The summed E-state index contributed by atoms with van der Waals surface area (Å²) in [4.78, 5) is 2.74. The lowest BCUT2D eigenvalue weighted by molar-refractivity contribution is 0.590. The van der Waals surface area contributed by atoms with E-state index in [1.165, 1.54) is 111 Å². The molecule has 3 heterocycles. The minimum atomic E-state index is -0.202. The SMILES string of the molecule is CC(C)(C)c1ccc(N2B3c4c(cc5ccccc5c4-n4c5ccccc5c5cccc3c54)-c3c2ccc2c3C(C)(C)c3ccccc3-2)c(-c2ccccc2)c1. The lowest BCUT2D eigenvalue weighted by Gasteiger charge is -2.44. The minimum absolute atomic E-state index is 0.00541. The number of aromatic nitrogens is 1. The zero-order chi connectivity index (χ0) is 37.7. The highest BCUT2D eigenvalue weighted by atomic mass is 15.1. The van der Waals surface area contributed by atoms with E-state index < -0.39 is 0 Å². The zero-order valence-corrected chi connectivity index (χ0v) is 32.5. The second-order valence-corrected chi connectivity index (χ2v) is 17.7. The third kappa shape index (κ3) is 4.03. The first-order valence-electron chi connectivity index (χ1n) is 20.1. The summed E-state index contributed by atoms with van der Waals surface area (Å²) in [7, 11) is 0. The molecule has 2 nitrogen and oxygen atoms in total. The molecule has 0 amide bonds. The van der Waals surface area contributed by atoms with E-state index in [0.29, 0.717) is 0 Å². The van der Waals surface area contributed by atoms with E-state index in [1.807, 2.05) is 0 Å². The monoisotopic (exact) mass is 716 g/mol. The van der Waals surface area contributed by atoms with Gasteiger partial charge in [-0.1, -0.05) is 162 Å². The van der Waals surface area contributed by atoms with Crippen LogP contribution in [0.1, 0.15) is 51.3 Å². The van der Waals surface area contributed by atoms with Crippen molar-refractivity contribution in [3.63, 3.8) is 0 Å². The van der Waals surface area contributed by atoms with E-state index in [0.717, 1.165) is 0 Å². The molecular formula is C53H41BN2. The number of rotatable bonds is 2. The normalized spacial score (nSPS) is 14.6. The summed E-state index contributed by atoms with van der Waals surface area (Å²) in [6.45, 7) is 11.8. The van der Waals surface area contributed by atoms with E-state index >= 15 is 0 Å². The topological polar surface area (TPSA) is 8.17 Å². The van der Waals surface area contributed by atoms with Crippen molar-refractivity contribution in [1.82, 2.24) is 4.57 Å². The van der Waals surface area contributed by atoms with Crippen LogP contribution in [0.25, 0.3) is 71.6 Å². The maximum Gasteiger partial charge on any atom is 0.333 e. The molecule has 0 N–H and O–H groups in total. The van der Waals surface area contributed by atoms with Crippen molar-refractivity contribution in [1.29, 1.82) is 0 Å². The van der Waals surface area contributed by atoms with Crippen LogP contribution >= 0.6 is 0 Å². The molecule has 12 rings (SSSR count). The van der Waals surface area contributed by atoms with Gasteiger partial charge in [-0.3, -0.25) is 0 Å². The van der Waals surface area contributed by atoms with Crippen molar-refractivity contribution in [2.45, 2.75) is 45.4 Å². The number of benzene rings is 8. The Bertz CT molecular complexity index is 3160. The van der Waals surface area contributed by atoms with Gasteiger partial charge in [0.15, 0.2) is 0 Å². The fraction of sp³-hybridized carbons (Fsp3) is 0.132. The van der Waals surface area contributed by atoms with Gasteiger partial charge in [-0.2, -0.15) is 0 Å². The predicted molar refractivity (Wildman–Crippen MR) is 239 cm³/mol. The van der Waals surface area contributed by atoms with Crippen LogP contribution < -0.4 is 15.7 Å². The Balaban J connectivity index is 1.30. The second-order valence-electron chi connectivity index (χ2n) is 17.7. The summed E-state index contributed by atoms with van der Waals surface area (Å²) in [5, 5.41) is 5.17. The Labute approximate surface area is 328 Å². The van der Waals surface area contributed by atoms with Gasteiger partial charge in [0.2, 0.25) is 0 Å². The molecule has 0 bridgehead atoms. The van der Waals surface area contributed by atoms with Crippen LogP contribution in [0.2, 0.25) is 0 Å². The first kappa shape index (κ1) is 32.0. The molecule has 0 radical (unpaired) electrons. The highest BCUT2D eigenvalue weighted by molar-refractivity contribution is 6.94.